The van der Waals surface area contributed by atoms with Gasteiger partial charge in [-0.3, -0.25) is 9.59 Å². The highest BCUT2D eigenvalue weighted by Gasteiger charge is 2.17. The molecule has 1 aromatic carbocycles. The Bertz CT molecular complexity index is 458. The molecular formula is C13H18N2O4. The van der Waals surface area contributed by atoms with Gasteiger partial charge in [0.15, 0.2) is 11.5 Å². The zero-order valence-electron chi connectivity index (χ0n) is 11.2. The first kappa shape index (κ1) is 14.8. The van der Waals surface area contributed by atoms with E-state index < -0.39 is 11.9 Å². The first-order valence-corrected chi connectivity index (χ1v) is 5.75. The lowest BCUT2D eigenvalue weighted by Crippen LogP contribution is -2.30. The number of ether oxygens (including phenoxy) is 2. The number of hydrogen-bond acceptors (Lipinski definition) is 4. The molecule has 0 heterocycles. The van der Waals surface area contributed by atoms with Crippen molar-refractivity contribution in [1.29, 1.82) is 0 Å². The van der Waals surface area contributed by atoms with Crippen LogP contribution in [0.3, 0.4) is 0 Å². The van der Waals surface area contributed by atoms with E-state index in [1.165, 1.54) is 21.1 Å². The summed E-state index contributed by atoms with van der Waals surface area (Å²) in [6.07, 6.45) is 0.0229. The molecule has 1 atom stereocenters. The lowest BCUT2D eigenvalue weighted by Gasteiger charge is -2.18. The van der Waals surface area contributed by atoms with Crippen LogP contribution >= 0.6 is 0 Å². The van der Waals surface area contributed by atoms with Gasteiger partial charge in [-0.2, -0.15) is 0 Å². The van der Waals surface area contributed by atoms with Gasteiger partial charge in [0.05, 0.1) is 26.7 Å². The predicted molar refractivity (Wildman–Crippen MR) is 69.9 cm³/mol. The van der Waals surface area contributed by atoms with Gasteiger partial charge in [-0.1, -0.05) is 6.07 Å². The number of primary amides is 1. The normalized spacial score (nSPS) is 11.5. The summed E-state index contributed by atoms with van der Waals surface area (Å²) in [6.45, 7) is 1.38. The molecule has 6 heteroatoms. The van der Waals surface area contributed by atoms with Crippen molar-refractivity contribution in [3.05, 3.63) is 23.8 Å². The first-order chi connectivity index (χ1) is 8.97. The smallest absolute Gasteiger partial charge is 0.219 e. The van der Waals surface area contributed by atoms with Crippen LogP contribution in [0, 0.1) is 0 Å². The van der Waals surface area contributed by atoms with E-state index in [0.717, 1.165) is 5.56 Å². The number of benzene rings is 1. The summed E-state index contributed by atoms with van der Waals surface area (Å²) in [6, 6.07) is 4.70. The Morgan fingerprint density at radius 2 is 1.89 bits per heavy atom. The number of hydrogen-bond donors (Lipinski definition) is 2. The second-order valence-corrected chi connectivity index (χ2v) is 4.04. The molecule has 1 aromatic rings. The first-order valence-electron chi connectivity index (χ1n) is 5.75. The standard InChI is InChI=1S/C13H18N2O4/c1-8(16)15-10(7-13(14)17)9-4-5-11(18-2)12(6-9)19-3/h4-6,10H,7H2,1-3H3,(H2,14,17)(H,15,16). The Hall–Kier alpha value is -2.24. The molecule has 0 saturated heterocycles. The Balaban J connectivity index is 3.07. The molecule has 0 saturated carbocycles. The Morgan fingerprint density at radius 3 is 2.37 bits per heavy atom. The molecule has 1 unspecified atom stereocenters. The van der Waals surface area contributed by atoms with Gasteiger partial charge in [0.25, 0.3) is 0 Å². The summed E-state index contributed by atoms with van der Waals surface area (Å²) in [5.74, 6) is 0.376. The van der Waals surface area contributed by atoms with Gasteiger partial charge in [0.2, 0.25) is 11.8 Å². The molecule has 0 aliphatic carbocycles. The van der Waals surface area contributed by atoms with Gasteiger partial charge in [-0.15, -0.1) is 0 Å². The third-order valence-corrected chi connectivity index (χ3v) is 2.59. The zero-order chi connectivity index (χ0) is 14.4. The van der Waals surface area contributed by atoms with Gasteiger partial charge in [0, 0.05) is 6.92 Å². The van der Waals surface area contributed by atoms with Crippen molar-refractivity contribution in [3.8, 4) is 11.5 Å². The maximum absolute atomic E-state index is 11.2. The Labute approximate surface area is 111 Å². The summed E-state index contributed by atoms with van der Waals surface area (Å²) in [7, 11) is 3.05. The van der Waals surface area contributed by atoms with Gasteiger partial charge in [-0.25, -0.2) is 0 Å². The molecule has 104 valence electrons. The third-order valence-electron chi connectivity index (χ3n) is 2.59. The maximum Gasteiger partial charge on any atom is 0.219 e. The maximum atomic E-state index is 11.2. The summed E-state index contributed by atoms with van der Waals surface area (Å²) >= 11 is 0. The number of carbonyl (C=O) groups excluding carboxylic acids is 2. The van der Waals surface area contributed by atoms with E-state index >= 15 is 0 Å². The van der Waals surface area contributed by atoms with E-state index in [9.17, 15) is 9.59 Å². The number of methoxy groups -OCH3 is 2. The summed E-state index contributed by atoms with van der Waals surface area (Å²) in [4.78, 5) is 22.2. The largest absolute Gasteiger partial charge is 0.493 e. The molecule has 0 bridgehead atoms. The number of nitrogens with two attached hydrogens (primary N) is 1. The minimum absolute atomic E-state index is 0.0229. The third kappa shape index (κ3) is 4.17. The molecule has 0 aliphatic heterocycles. The van der Waals surface area contributed by atoms with Crippen molar-refractivity contribution < 1.29 is 19.1 Å². The molecule has 1 rings (SSSR count). The van der Waals surface area contributed by atoms with E-state index in [0.29, 0.717) is 11.5 Å². The van der Waals surface area contributed by atoms with Crippen molar-refractivity contribution in [3.63, 3.8) is 0 Å². The lowest BCUT2D eigenvalue weighted by atomic mass is 10.0. The van der Waals surface area contributed by atoms with Crippen LogP contribution in [0.5, 0.6) is 11.5 Å². The van der Waals surface area contributed by atoms with Crippen LogP contribution in [0.4, 0.5) is 0 Å². The Morgan fingerprint density at radius 1 is 1.26 bits per heavy atom. The fraction of sp³-hybridized carbons (Fsp3) is 0.385. The second kappa shape index (κ2) is 6.63. The molecule has 2 amide bonds. The van der Waals surface area contributed by atoms with Crippen LogP contribution in [0.25, 0.3) is 0 Å². The highest BCUT2D eigenvalue weighted by Crippen LogP contribution is 2.30. The minimum atomic E-state index is -0.492. The van der Waals surface area contributed by atoms with Crippen LogP contribution < -0.4 is 20.5 Å². The van der Waals surface area contributed by atoms with Crippen LogP contribution in [-0.4, -0.2) is 26.0 Å². The average Bonchev–Trinajstić information content (AvgIpc) is 2.36. The topological polar surface area (TPSA) is 90.6 Å². The summed E-state index contributed by atoms with van der Waals surface area (Å²) < 4.78 is 10.3. The average molecular weight is 266 g/mol. The highest BCUT2D eigenvalue weighted by molar-refractivity contribution is 5.77. The van der Waals surface area contributed by atoms with Crippen LogP contribution in [0.1, 0.15) is 24.9 Å². The number of nitrogens with one attached hydrogen (secondary N) is 1. The van der Waals surface area contributed by atoms with E-state index in [1.54, 1.807) is 18.2 Å². The lowest BCUT2D eigenvalue weighted by molar-refractivity contribution is -0.121. The highest BCUT2D eigenvalue weighted by atomic mass is 16.5. The van der Waals surface area contributed by atoms with Crippen molar-refractivity contribution in [2.45, 2.75) is 19.4 Å². The van der Waals surface area contributed by atoms with E-state index in [2.05, 4.69) is 5.32 Å². The minimum Gasteiger partial charge on any atom is -0.493 e. The van der Waals surface area contributed by atoms with Crippen LogP contribution in [-0.2, 0) is 9.59 Å². The number of carbonyl (C=O) groups is 2. The quantitative estimate of drug-likeness (QED) is 0.795. The van der Waals surface area contributed by atoms with Crippen molar-refractivity contribution in [2.75, 3.05) is 14.2 Å². The van der Waals surface area contributed by atoms with Crippen LogP contribution in [0.15, 0.2) is 18.2 Å². The van der Waals surface area contributed by atoms with E-state index in [1.807, 2.05) is 0 Å². The number of rotatable bonds is 6. The molecular weight excluding hydrogens is 248 g/mol. The molecule has 0 radical (unpaired) electrons. The molecule has 0 fully saturated rings. The fourth-order valence-corrected chi connectivity index (χ4v) is 1.77. The Kier molecular flexibility index (Phi) is 5.17. The van der Waals surface area contributed by atoms with Gasteiger partial charge in [-0.05, 0) is 17.7 Å². The fourth-order valence-electron chi connectivity index (χ4n) is 1.77. The van der Waals surface area contributed by atoms with Crippen molar-refractivity contribution >= 4 is 11.8 Å². The monoisotopic (exact) mass is 266 g/mol. The second-order valence-electron chi connectivity index (χ2n) is 4.04. The molecule has 19 heavy (non-hydrogen) atoms. The van der Waals surface area contributed by atoms with Crippen LogP contribution in [0.2, 0.25) is 0 Å². The van der Waals surface area contributed by atoms with Crippen molar-refractivity contribution in [2.24, 2.45) is 5.73 Å². The SMILES string of the molecule is COc1ccc(C(CC(N)=O)NC(C)=O)cc1OC. The summed E-state index contributed by atoms with van der Waals surface area (Å²) in [5, 5.41) is 2.68. The van der Waals surface area contributed by atoms with E-state index in [4.69, 9.17) is 15.2 Å². The summed E-state index contributed by atoms with van der Waals surface area (Å²) in [5.41, 5.74) is 5.92. The molecule has 6 nitrogen and oxygen atoms in total. The van der Waals surface area contributed by atoms with Gasteiger partial charge < -0.3 is 20.5 Å². The molecule has 0 spiro atoms. The van der Waals surface area contributed by atoms with Gasteiger partial charge >= 0.3 is 0 Å². The van der Waals surface area contributed by atoms with Gasteiger partial charge in [0.1, 0.15) is 0 Å². The predicted octanol–water partition coefficient (Wildman–Crippen LogP) is 0.756. The number of amides is 2. The van der Waals surface area contributed by atoms with E-state index in [-0.39, 0.29) is 12.3 Å². The molecule has 3 N–H and O–H groups in total. The van der Waals surface area contributed by atoms with Crippen molar-refractivity contribution in [1.82, 2.24) is 5.32 Å². The zero-order valence-corrected chi connectivity index (χ0v) is 11.2. The molecule has 0 aromatic heterocycles. The molecule has 0 aliphatic rings.